The summed E-state index contributed by atoms with van der Waals surface area (Å²) in [5, 5.41) is 10.4. The zero-order valence-corrected chi connectivity index (χ0v) is 17.3. The van der Waals surface area contributed by atoms with Crippen molar-refractivity contribution in [3.8, 4) is 11.5 Å². The highest BCUT2D eigenvalue weighted by atomic mass is 32.2. The fourth-order valence-corrected chi connectivity index (χ4v) is 3.99. The van der Waals surface area contributed by atoms with E-state index in [4.69, 9.17) is 4.42 Å². The highest BCUT2D eigenvalue weighted by molar-refractivity contribution is 7.92. The van der Waals surface area contributed by atoms with E-state index >= 15 is 0 Å². The van der Waals surface area contributed by atoms with Gasteiger partial charge in [-0.15, -0.1) is 10.2 Å². The van der Waals surface area contributed by atoms with Gasteiger partial charge < -0.3 is 9.73 Å². The van der Waals surface area contributed by atoms with Gasteiger partial charge in [0.25, 0.3) is 15.9 Å². The van der Waals surface area contributed by atoms with Crippen molar-refractivity contribution >= 4 is 27.3 Å². The molecule has 31 heavy (non-hydrogen) atoms. The molecular formula is C22H18N4O4S. The standard InChI is InChI=1S/C22H18N4O4S/c1-15-10-11-17(22-25-23-14-30-22)13-20(15)24-21(27)16-6-5-7-18(12-16)26-31(28,29)19-8-3-2-4-9-19/h2-14,26H,1H3,(H,24,27). The molecule has 1 heterocycles. The van der Waals surface area contributed by atoms with Gasteiger partial charge in [0.2, 0.25) is 12.3 Å². The van der Waals surface area contributed by atoms with Crippen LogP contribution in [0.5, 0.6) is 0 Å². The molecule has 8 nitrogen and oxygen atoms in total. The first-order chi connectivity index (χ1) is 14.9. The number of nitrogens with zero attached hydrogens (tertiary/aromatic N) is 2. The summed E-state index contributed by atoms with van der Waals surface area (Å²) < 4.78 is 32.8. The molecule has 0 aliphatic rings. The van der Waals surface area contributed by atoms with Crippen LogP contribution in [0, 0.1) is 6.92 Å². The summed E-state index contributed by atoms with van der Waals surface area (Å²) in [6.45, 7) is 1.86. The molecule has 0 spiro atoms. The predicted molar refractivity (Wildman–Crippen MR) is 116 cm³/mol. The molecule has 1 aromatic heterocycles. The first-order valence-corrected chi connectivity index (χ1v) is 10.8. The molecule has 3 aromatic carbocycles. The monoisotopic (exact) mass is 434 g/mol. The Morgan fingerprint density at radius 2 is 1.77 bits per heavy atom. The third-order valence-corrected chi connectivity index (χ3v) is 5.92. The van der Waals surface area contributed by atoms with E-state index in [2.05, 4.69) is 20.2 Å². The number of hydrogen-bond acceptors (Lipinski definition) is 6. The van der Waals surface area contributed by atoms with E-state index in [-0.39, 0.29) is 16.5 Å². The van der Waals surface area contributed by atoms with E-state index < -0.39 is 10.0 Å². The van der Waals surface area contributed by atoms with Crippen molar-refractivity contribution in [2.24, 2.45) is 0 Å². The molecule has 2 N–H and O–H groups in total. The fraction of sp³-hybridized carbons (Fsp3) is 0.0455. The Balaban J connectivity index is 1.55. The summed E-state index contributed by atoms with van der Waals surface area (Å²) in [4.78, 5) is 12.9. The number of benzene rings is 3. The lowest BCUT2D eigenvalue weighted by Gasteiger charge is -2.12. The molecule has 156 valence electrons. The van der Waals surface area contributed by atoms with Crippen LogP contribution in [0.3, 0.4) is 0 Å². The molecule has 0 saturated carbocycles. The van der Waals surface area contributed by atoms with Crippen molar-refractivity contribution in [1.29, 1.82) is 0 Å². The molecule has 9 heteroatoms. The first-order valence-electron chi connectivity index (χ1n) is 9.29. The van der Waals surface area contributed by atoms with E-state index in [0.29, 0.717) is 22.7 Å². The highest BCUT2D eigenvalue weighted by Gasteiger charge is 2.15. The number of aromatic nitrogens is 2. The average Bonchev–Trinajstić information content (AvgIpc) is 3.31. The van der Waals surface area contributed by atoms with Gasteiger partial charge in [0.1, 0.15) is 0 Å². The second kappa shape index (κ2) is 8.41. The van der Waals surface area contributed by atoms with Gasteiger partial charge in [-0.05, 0) is 55.0 Å². The number of amides is 1. The Bertz CT molecular complexity index is 1320. The van der Waals surface area contributed by atoms with Crippen molar-refractivity contribution in [3.05, 3.63) is 90.3 Å². The van der Waals surface area contributed by atoms with Crippen molar-refractivity contribution < 1.29 is 17.6 Å². The van der Waals surface area contributed by atoms with Gasteiger partial charge in [-0.1, -0.05) is 30.3 Å². The van der Waals surface area contributed by atoms with E-state index in [0.717, 1.165) is 5.56 Å². The largest absolute Gasteiger partial charge is 0.423 e. The molecule has 0 saturated heterocycles. The Labute approximate surface area is 179 Å². The molecule has 0 unspecified atom stereocenters. The second-order valence-corrected chi connectivity index (χ2v) is 8.41. The Morgan fingerprint density at radius 3 is 2.52 bits per heavy atom. The number of hydrogen-bond donors (Lipinski definition) is 2. The maximum Gasteiger partial charge on any atom is 0.261 e. The van der Waals surface area contributed by atoms with E-state index in [1.165, 1.54) is 24.6 Å². The quantitative estimate of drug-likeness (QED) is 0.472. The summed E-state index contributed by atoms with van der Waals surface area (Å²) in [5.74, 6) is -0.0423. The molecule has 4 aromatic rings. The fourth-order valence-electron chi connectivity index (χ4n) is 2.92. The lowest BCUT2D eigenvalue weighted by molar-refractivity contribution is 0.102. The maximum atomic E-state index is 12.8. The van der Waals surface area contributed by atoms with Crippen molar-refractivity contribution in [2.75, 3.05) is 10.0 Å². The Morgan fingerprint density at radius 1 is 0.968 bits per heavy atom. The smallest absolute Gasteiger partial charge is 0.261 e. The van der Waals surface area contributed by atoms with Crippen LogP contribution >= 0.6 is 0 Å². The zero-order valence-electron chi connectivity index (χ0n) is 16.4. The number of rotatable bonds is 6. The minimum atomic E-state index is -3.76. The average molecular weight is 434 g/mol. The van der Waals surface area contributed by atoms with Crippen LogP contribution in [-0.2, 0) is 10.0 Å². The van der Waals surface area contributed by atoms with Gasteiger partial charge in [0.15, 0.2) is 0 Å². The number of anilines is 2. The van der Waals surface area contributed by atoms with Gasteiger partial charge >= 0.3 is 0 Å². The summed E-state index contributed by atoms with van der Waals surface area (Å²) >= 11 is 0. The minimum absolute atomic E-state index is 0.137. The Kier molecular flexibility index (Phi) is 5.50. The van der Waals surface area contributed by atoms with Crippen molar-refractivity contribution in [3.63, 3.8) is 0 Å². The van der Waals surface area contributed by atoms with Crippen LogP contribution in [0.1, 0.15) is 15.9 Å². The molecule has 1 amide bonds. The van der Waals surface area contributed by atoms with Crippen LogP contribution < -0.4 is 10.0 Å². The third kappa shape index (κ3) is 4.62. The van der Waals surface area contributed by atoms with E-state index in [1.807, 2.05) is 19.1 Å². The van der Waals surface area contributed by atoms with Gasteiger partial charge in [0, 0.05) is 22.5 Å². The second-order valence-electron chi connectivity index (χ2n) is 6.73. The SMILES string of the molecule is Cc1ccc(-c2nnco2)cc1NC(=O)c1cccc(NS(=O)(=O)c2ccccc2)c1. The van der Waals surface area contributed by atoms with Crippen LogP contribution in [0.25, 0.3) is 11.5 Å². The number of aryl methyl sites for hydroxylation is 1. The molecule has 4 rings (SSSR count). The molecule has 0 aliphatic carbocycles. The molecule has 0 radical (unpaired) electrons. The Hall–Kier alpha value is -3.98. The summed E-state index contributed by atoms with van der Waals surface area (Å²) in [5.41, 5.74) is 2.68. The molecule has 0 bridgehead atoms. The summed E-state index contributed by atoms with van der Waals surface area (Å²) in [6, 6.07) is 19.7. The number of carbonyl (C=O) groups excluding carboxylic acids is 1. The van der Waals surface area contributed by atoms with Crippen molar-refractivity contribution in [1.82, 2.24) is 10.2 Å². The lowest BCUT2D eigenvalue weighted by Crippen LogP contribution is -2.15. The molecule has 0 fully saturated rings. The van der Waals surface area contributed by atoms with Crippen LogP contribution in [0.2, 0.25) is 0 Å². The summed E-state index contributed by atoms with van der Waals surface area (Å²) in [7, 11) is -3.76. The third-order valence-electron chi connectivity index (χ3n) is 4.52. The molecule has 0 aliphatic heterocycles. The predicted octanol–water partition coefficient (Wildman–Crippen LogP) is 4.10. The first kappa shape index (κ1) is 20.3. The van der Waals surface area contributed by atoms with Gasteiger partial charge in [-0.25, -0.2) is 8.42 Å². The maximum absolute atomic E-state index is 12.8. The lowest BCUT2D eigenvalue weighted by atomic mass is 10.1. The summed E-state index contributed by atoms with van der Waals surface area (Å²) in [6.07, 6.45) is 1.23. The van der Waals surface area contributed by atoms with Crippen LogP contribution in [-0.4, -0.2) is 24.5 Å². The van der Waals surface area contributed by atoms with E-state index in [9.17, 15) is 13.2 Å². The van der Waals surface area contributed by atoms with E-state index in [1.54, 1.807) is 42.5 Å². The van der Waals surface area contributed by atoms with Crippen LogP contribution in [0.15, 0.2) is 88.5 Å². The number of carbonyl (C=O) groups is 1. The van der Waals surface area contributed by atoms with Gasteiger partial charge in [-0.2, -0.15) is 0 Å². The highest BCUT2D eigenvalue weighted by Crippen LogP contribution is 2.25. The van der Waals surface area contributed by atoms with Crippen LogP contribution in [0.4, 0.5) is 11.4 Å². The normalized spacial score (nSPS) is 11.1. The van der Waals surface area contributed by atoms with Gasteiger partial charge in [0.05, 0.1) is 4.90 Å². The van der Waals surface area contributed by atoms with Gasteiger partial charge in [-0.3, -0.25) is 9.52 Å². The van der Waals surface area contributed by atoms with Crippen molar-refractivity contribution in [2.45, 2.75) is 11.8 Å². The number of nitrogens with one attached hydrogen (secondary N) is 2. The minimum Gasteiger partial charge on any atom is -0.423 e. The number of sulfonamides is 1. The topological polar surface area (TPSA) is 114 Å². The zero-order chi connectivity index (χ0) is 21.8. The molecular weight excluding hydrogens is 416 g/mol. The molecule has 0 atom stereocenters.